The molecule has 0 aromatic carbocycles. The van der Waals surface area contributed by atoms with Gasteiger partial charge in [-0.05, 0) is 25.7 Å². The topological polar surface area (TPSA) is 37.3 Å². The first-order chi connectivity index (χ1) is 8.70. The van der Waals surface area contributed by atoms with Crippen LogP contribution in [-0.4, -0.2) is 11.1 Å². The summed E-state index contributed by atoms with van der Waals surface area (Å²) in [5.41, 5.74) is 0.520. The fraction of sp³-hybridized carbons (Fsp3) is 0.812. The van der Waals surface area contributed by atoms with Crippen LogP contribution in [0, 0.1) is 5.92 Å². The second kappa shape index (κ2) is 9.18. The largest absolute Gasteiger partial charge is 0.478 e. The lowest BCUT2D eigenvalue weighted by molar-refractivity contribution is -0.132. The van der Waals surface area contributed by atoms with Crippen molar-refractivity contribution in [3.8, 4) is 0 Å². The van der Waals surface area contributed by atoms with Crippen LogP contribution in [-0.2, 0) is 4.79 Å². The Bertz CT molecular complexity index is 256. The first kappa shape index (κ1) is 15.3. The number of rotatable bonds is 2. The lowest BCUT2D eigenvalue weighted by atomic mass is 9.91. The monoisotopic (exact) mass is 252 g/mol. The van der Waals surface area contributed by atoms with Crippen molar-refractivity contribution in [2.75, 3.05) is 0 Å². The van der Waals surface area contributed by atoms with E-state index >= 15 is 0 Å². The second-order valence-corrected chi connectivity index (χ2v) is 5.67. The Labute approximate surface area is 111 Å². The van der Waals surface area contributed by atoms with Gasteiger partial charge in [0.05, 0.1) is 0 Å². The molecule has 0 spiro atoms. The van der Waals surface area contributed by atoms with Crippen LogP contribution in [0.1, 0.15) is 77.6 Å². The van der Waals surface area contributed by atoms with Gasteiger partial charge < -0.3 is 5.11 Å². The van der Waals surface area contributed by atoms with Gasteiger partial charge in [0, 0.05) is 5.57 Å². The molecule has 1 fully saturated rings. The highest BCUT2D eigenvalue weighted by Crippen LogP contribution is 2.23. The van der Waals surface area contributed by atoms with E-state index in [1.165, 1.54) is 70.6 Å². The number of hydrogen-bond acceptors (Lipinski definition) is 1. The van der Waals surface area contributed by atoms with Crippen LogP contribution in [0.4, 0.5) is 0 Å². The van der Waals surface area contributed by atoms with Crippen LogP contribution in [0.25, 0.3) is 0 Å². The number of allylic oxidation sites excluding steroid dienone is 1. The molecule has 0 aromatic heterocycles. The van der Waals surface area contributed by atoms with E-state index < -0.39 is 5.97 Å². The van der Waals surface area contributed by atoms with Gasteiger partial charge in [-0.25, -0.2) is 4.79 Å². The van der Waals surface area contributed by atoms with E-state index in [9.17, 15) is 4.79 Å². The number of aliphatic carboxylic acids is 1. The number of hydrogen-bond donors (Lipinski definition) is 1. The van der Waals surface area contributed by atoms with E-state index in [0.717, 1.165) is 0 Å². The molecule has 0 aromatic rings. The quantitative estimate of drug-likeness (QED) is 0.707. The first-order valence-electron chi connectivity index (χ1n) is 7.62. The van der Waals surface area contributed by atoms with Gasteiger partial charge in [-0.15, -0.1) is 0 Å². The molecule has 1 rings (SSSR count). The summed E-state index contributed by atoms with van der Waals surface area (Å²) in [5, 5.41) is 8.95. The molecule has 0 amide bonds. The van der Waals surface area contributed by atoms with Crippen molar-refractivity contribution in [2.24, 2.45) is 5.92 Å². The summed E-state index contributed by atoms with van der Waals surface area (Å²) in [6, 6.07) is 0. The first-order valence-corrected chi connectivity index (χ1v) is 7.62. The fourth-order valence-corrected chi connectivity index (χ4v) is 2.79. The van der Waals surface area contributed by atoms with E-state index in [0.29, 0.717) is 11.5 Å². The zero-order chi connectivity index (χ0) is 13.2. The van der Waals surface area contributed by atoms with E-state index in [4.69, 9.17) is 5.11 Å². The molecule has 1 aliphatic carbocycles. The van der Waals surface area contributed by atoms with Gasteiger partial charge in [0.25, 0.3) is 0 Å². The van der Waals surface area contributed by atoms with Gasteiger partial charge in [-0.3, -0.25) is 0 Å². The smallest absolute Gasteiger partial charge is 0.330 e. The Balaban J connectivity index is 2.45. The van der Waals surface area contributed by atoms with Gasteiger partial charge in [0.1, 0.15) is 0 Å². The van der Waals surface area contributed by atoms with Crippen LogP contribution >= 0.6 is 0 Å². The summed E-state index contributed by atoms with van der Waals surface area (Å²) in [6.07, 6.45) is 16.4. The summed E-state index contributed by atoms with van der Waals surface area (Å²) in [6.45, 7) is 1.72. The number of carboxylic acid groups (broad SMARTS) is 1. The molecule has 18 heavy (non-hydrogen) atoms. The molecule has 0 aliphatic heterocycles. The third kappa shape index (κ3) is 6.83. The molecule has 104 valence electrons. The van der Waals surface area contributed by atoms with Crippen molar-refractivity contribution in [3.63, 3.8) is 0 Å². The van der Waals surface area contributed by atoms with Crippen LogP contribution in [0.3, 0.4) is 0 Å². The minimum Gasteiger partial charge on any atom is -0.478 e. The van der Waals surface area contributed by atoms with E-state index in [1.807, 2.05) is 6.08 Å². The van der Waals surface area contributed by atoms with E-state index in [-0.39, 0.29) is 0 Å². The van der Waals surface area contributed by atoms with Crippen LogP contribution in [0.5, 0.6) is 0 Å². The Morgan fingerprint density at radius 2 is 1.28 bits per heavy atom. The number of carbonyl (C=O) groups is 1. The zero-order valence-electron chi connectivity index (χ0n) is 11.8. The normalized spacial score (nSPS) is 21.9. The van der Waals surface area contributed by atoms with Gasteiger partial charge in [0.15, 0.2) is 0 Å². The molecule has 0 unspecified atom stereocenters. The maximum absolute atomic E-state index is 10.9. The minimum atomic E-state index is -0.763. The summed E-state index contributed by atoms with van der Waals surface area (Å²) >= 11 is 0. The van der Waals surface area contributed by atoms with Crippen LogP contribution in [0.15, 0.2) is 11.6 Å². The van der Waals surface area contributed by atoms with Crippen molar-refractivity contribution in [1.82, 2.24) is 0 Å². The van der Waals surface area contributed by atoms with Gasteiger partial charge in [-0.1, -0.05) is 63.9 Å². The van der Waals surface area contributed by atoms with E-state index in [1.54, 1.807) is 6.92 Å². The molecule has 0 heterocycles. The van der Waals surface area contributed by atoms with Crippen molar-refractivity contribution in [2.45, 2.75) is 77.6 Å². The van der Waals surface area contributed by atoms with Crippen molar-refractivity contribution >= 4 is 5.97 Å². The molecule has 2 nitrogen and oxygen atoms in total. The van der Waals surface area contributed by atoms with Crippen molar-refractivity contribution in [3.05, 3.63) is 11.6 Å². The summed E-state index contributed by atoms with van der Waals surface area (Å²) in [7, 11) is 0. The van der Waals surface area contributed by atoms with Crippen LogP contribution in [0.2, 0.25) is 0 Å². The van der Waals surface area contributed by atoms with Gasteiger partial charge >= 0.3 is 5.97 Å². The molecule has 2 heteroatoms. The molecule has 1 N–H and O–H groups in total. The van der Waals surface area contributed by atoms with Gasteiger partial charge in [-0.2, -0.15) is 0 Å². The third-order valence-electron chi connectivity index (χ3n) is 3.97. The summed E-state index contributed by atoms with van der Waals surface area (Å²) in [4.78, 5) is 10.9. The average Bonchev–Trinajstić information content (AvgIpc) is 2.32. The van der Waals surface area contributed by atoms with Gasteiger partial charge in [0.2, 0.25) is 0 Å². The molecule has 1 aliphatic rings. The highest BCUT2D eigenvalue weighted by molar-refractivity contribution is 5.85. The Morgan fingerprint density at radius 3 is 1.67 bits per heavy atom. The predicted octanol–water partition coefficient (Wildman–Crippen LogP) is 4.94. The van der Waals surface area contributed by atoms with Crippen molar-refractivity contribution < 1.29 is 9.90 Å². The second-order valence-electron chi connectivity index (χ2n) is 5.67. The maximum Gasteiger partial charge on any atom is 0.330 e. The fourth-order valence-electron chi connectivity index (χ4n) is 2.79. The standard InChI is InChI=1S/C16H28O2/c1-14(16(17)18)13-15-11-9-7-5-3-2-4-6-8-10-12-15/h13,15H,2-12H2,1H3,(H,17,18). The molecule has 1 saturated carbocycles. The SMILES string of the molecule is CC(=CC1CCCCCCCCCCC1)C(=O)O. The van der Waals surface area contributed by atoms with Crippen molar-refractivity contribution in [1.29, 1.82) is 0 Å². The van der Waals surface area contributed by atoms with Crippen LogP contribution < -0.4 is 0 Å². The molecule has 0 saturated heterocycles. The third-order valence-corrected chi connectivity index (χ3v) is 3.97. The Hall–Kier alpha value is -0.790. The van der Waals surface area contributed by atoms with E-state index in [2.05, 4.69) is 0 Å². The lowest BCUT2D eigenvalue weighted by Gasteiger charge is -2.14. The predicted molar refractivity (Wildman–Crippen MR) is 75.7 cm³/mol. The highest BCUT2D eigenvalue weighted by Gasteiger charge is 2.09. The molecule has 0 bridgehead atoms. The summed E-state index contributed by atoms with van der Waals surface area (Å²) < 4.78 is 0. The molecule has 0 radical (unpaired) electrons. The highest BCUT2D eigenvalue weighted by atomic mass is 16.4. The summed E-state index contributed by atoms with van der Waals surface area (Å²) in [5.74, 6) is -0.276. The minimum absolute atomic E-state index is 0.487. The molecular weight excluding hydrogens is 224 g/mol. The average molecular weight is 252 g/mol. The Morgan fingerprint density at radius 1 is 0.889 bits per heavy atom. The zero-order valence-corrected chi connectivity index (χ0v) is 11.8. The molecular formula is C16H28O2. The lowest BCUT2D eigenvalue weighted by Crippen LogP contribution is -2.03. The number of carboxylic acids is 1. The Kier molecular flexibility index (Phi) is 7.79. The maximum atomic E-state index is 10.9. The molecule has 0 atom stereocenters.